The molecule has 2 aromatic heterocycles. The van der Waals surface area contributed by atoms with Crippen LogP contribution in [0.4, 0.5) is 19.0 Å². The zero-order valence-corrected chi connectivity index (χ0v) is 13.6. The molecule has 1 N–H and O–H groups in total. The predicted molar refractivity (Wildman–Crippen MR) is 83.7 cm³/mol. The topological polar surface area (TPSA) is 58.3 Å². The summed E-state index contributed by atoms with van der Waals surface area (Å²) < 4.78 is 39.2. The average Bonchev–Trinajstić information content (AvgIpc) is 2.95. The molecule has 1 unspecified atom stereocenters. The molecule has 0 aromatic carbocycles. The number of nitrogens with zero attached hydrogens (tertiary/aromatic N) is 5. The van der Waals surface area contributed by atoms with Crippen LogP contribution in [0.25, 0.3) is 5.65 Å². The Morgan fingerprint density at radius 1 is 1.29 bits per heavy atom. The SMILES string of the molecule is CC1CCCN(CCCNc2ccc3nnc(C(F)(F)F)n3n2)C1. The van der Waals surface area contributed by atoms with Crippen molar-refractivity contribution >= 4 is 11.5 Å². The normalized spacial score (nSPS) is 19.8. The van der Waals surface area contributed by atoms with E-state index in [4.69, 9.17) is 0 Å². The summed E-state index contributed by atoms with van der Waals surface area (Å²) >= 11 is 0. The lowest BCUT2D eigenvalue weighted by Crippen LogP contribution is -2.35. The van der Waals surface area contributed by atoms with E-state index in [0.717, 1.165) is 36.5 Å². The number of hydrogen-bond acceptors (Lipinski definition) is 5. The van der Waals surface area contributed by atoms with Crippen LogP contribution in [-0.2, 0) is 6.18 Å². The van der Waals surface area contributed by atoms with Crippen LogP contribution in [0.3, 0.4) is 0 Å². The molecule has 0 radical (unpaired) electrons. The first-order chi connectivity index (χ1) is 11.4. The Morgan fingerprint density at radius 3 is 2.88 bits per heavy atom. The van der Waals surface area contributed by atoms with Crippen LogP contribution in [0.15, 0.2) is 12.1 Å². The zero-order valence-electron chi connectivity index (χ0n) is 13.6. The van der Waals surface area contributed by atoms with E-state index in [2.05, 4.69) is 32.4 Å². The summed E-state index contributed by atoms with van der Waals surface area (Å²) in [5, 5.41) is 13.7. The average molecular weight is 342 g/mol. The monoisotopic (exact) mass is 342 g/mol. The molecule has 1 fully saturated rings. The fraction of sp³-hybridized carbons (Fsp3) is 0.667. The van der Waals surface area contributed by atoms with Crippen LogP contribution >= 0.6 is 0 Å². The Bertz CT molecular complexity index is 683. The van der Waals surface area contributed by atoms with Crippen molar-refractivity contribution < 1.29 is 13.2 Å². The maximum Gasteiger partial charge on any atom is 0.453 e. The number of aromatic nitrogens is 4. The number of fused-ring (bicyclic) bond motifs is 1. The highest BCUT2D eigenvalue weighted by Gasteiger charge is 2.37. The third-order valence-corrected chi connectivity index (χ3v) is 4.21. The Kier molecular flexibility index (Phi) is 4.88. The van der Waals surface area contributed by atoms with Gasteiger partial charge in [-0.15, -0.1) is 15.3 Å². The highest BCUT2D eigenvalue weighted by atomic mass is 19.4. The lowest BCUT2D eigenvalue weighted by molar-refractivity contribution is -0.146. The van der Waals surface area contributed by atoms with Crippen molar-refractivity contribution in [3.8, 4) is 0 Å². The van der Waals surface area contributed by atoms with E-state index >= 15 is 0 Å². The molecule has 1 atom stereocenters. The number of anilines is 1. The predicted octanol–water partition coefficient (Wildman–Crippen LogP) is 2.68. The lowest BCUT2D eigenvalue weighted by Gasteiger charge is -2.30. The van der Waals surface area contributed by atoms with Crippen molar-refractivity contribution in [1.29, 1.82) is 0 Å². The Morgan fingerprint density at radius 2 is 2.12 bits per heavy atom. The fourth-order valence-electron chi connectivity index (χ4n) is 3.07. The first-order valence-corrected chi connectivity index (χ1v) is 8.19. The summed E-state index contributed by atoms with van der Waals surface area (Å²) in [6.45, 7) is 6.16. The van der Waals surface area contributed by atoms with Gasteiger partial charge in [-0.25, -0.2) is 0 Å². The first-order valence-electron chi connectivity index (χ1n) is 8.19. The van der Waals surface area contributed by atoms with E-state index in [0.29, 0.717) is 12.4 Å². The molecule has 1 aliphatic rings. The first kappa shape index (κ1) is 16.9. The van der Waals surface area contributed by atoms with Crippen LogP contribution in [0.5, 0.6) is 0 Å². The minimum atomic E-state index is -4.57. The van der Waals surface area contributed by atoms with Gasteiger partial charge >= 0.3 is 6.18 Å². The summed E-state index contributed by atoms with van der Waals surface area (Å²) in [6.07, 6.45) is -1.13. The molecule has 0 amide bonds. The second-order valence-corrected chi connectivity index (χ2v) is 6.34. The number of alkyl halides is 3. The van der Waals surface area contributed by atoms with Gasteiger partial charge in [0.25, 0.3) is 5.82 Å². The molecule has 1 aliphatic heterocycles. The molecule has 2 aromatic rings. The molecule has 0 saturated carbocycles. The van der Waals surface area contributed by atoms with E-state index in [1.807, 2.05) is 0 Å². The van der Waals surface area contributed by atoms with Gasteiger partial charge in [0.1, 0.15) is 5.82 Å². The van der Waals surface area contributed by atoms with Gasteiger partial charge in [0, 0.05) is 13.1 Å². The van der Waals surface area contributed by atoms with Crippen molar-refractivity contribution in [2.24, 2.45) is 5.92 Å². The molecule has 3 rings (SSSR count). The van der Waals surface area contributed by atoms with Gasteiger partial charge in [-0.1, -0.05) is 6.92 Å². The second-order valence-electron chi connectivity index (χ2n) is 6.34. The van der Waals surface area contributed by atoms with Gasteiger partial charge in [-0.2, -0.15) is 17.7 Å². The number of hydrogen-bond donors (Lipinski definition) is 1. The van der Waals surface area contributed by atoms with Gasteiger partial charge in [0.2, 0.25) is 0 Å². The van der Waals surface area contributed by atoms with Crippen molar-refractivity contribution in [2.45, 2.75) is 32.4 Å². The molecule has 0 aliphatic carbocycles. The van der Waals surface area contributed by atoms with Crippen LogP contribution in [0, 0.1) is 5.92 Å². The smallest absolute Gasteiger partial charge is 0.369 e. The Labute approximate surface area is 138 Å². The maximum atomic E-state index is 12.8. The minimum Gasteiger partial charge on any atom is -0.369 e. The van der Waals surface area contributed by atoms with E-state index in [1.54, 1.807) is 6.07 Å². The van der Waals surface area contributed by atoms with Gasteiger partial charge in [-0.05, 0) is 50.4 Å². The number of piperidine rings is 1. The molecular weight excluding hydrogens is 321 g/mol. The van der Waals surface area contributed by atoms with Crippen LogP contribution in [0.2, 0.25) is 0 Å². The Balaban J connectivity index is 1.55. The molecule has 9 heteroatoms. The van der Waals surface area contributed by atoms with Gasteiger partial charge < -0.3 is 10.2 Å². The minimum absolute atomic E-state index is 0.0789. The summed E-state index contributed by atoms with van der Waals surface area (Å²) in [5.41, 5.74) is 0.0789. The Hall–Kier alpha value is -1.90. The molecule has 0 spiro atoms. The number of likely N-dealkylation sites (tertiary alicyclic amines) is 1. The highest BCUT2D eigenvalue weighted by molar-refractivity contribution is 5.44. The van der Waals surface area contributed by atoms with E-state index in [9.17, 15) is 13.2 Å². The summed E-state index contributed by atoms with van der Waals surface area (Å²) in [7, 11) is 0. The van der Waals surface area contributed by atoms with Crippen molar-refractivity contribution in [2.75, 3.05) is 31.5 Å². The van der Waals surface area contributed by atoms with Gasteiger partial charge in [0.05, 0.1) is 0 Å². The molecule has 24 heavy (non-hydrogen) atoms. The van der Waals surface area contributed by atoms with Crippen molar-refractivity contribution in [3.05, 3.63) is 18.0 Å². The van der Waals surface area contributed by atoms with E-state index in [-0.39, 0.29) is 5.65 Å². The third kappa shape index (κ3) is 3.95. The molecule has 6 nitrogen and oxygen atoms in total. The largest absolute Gasteiger partial charge is 0.453 e. The fourth-order valence-corrected chi connectivity index (χ4v) is 3.07. The zero-order chi connectivity index (χ0) is 17.2. The van der Waals surface area contributed by atoms with Crippen molar-refractivity contribution in [1.82, 2.24) is 24.7 Å². The van der Waals surface area contributed by atoms with Gasteiger partial charge in [-0.3, -0.25) is 0 Å². The van der Waals surface area contributed by atoms with Crippen LogP contribution in [-0.4, -0.2) is 50.9 Å². The van der Waals surface area contributed by atoms with E-state index in [1.165, 1.54) is 18.9 Å². The van der Waals surface area contributed by atoms with Gasteiger partial charge in [0.15, 0.2) is 5.65 Å². The maximum absolute atomic E-state index is 12.8. The van der Waals surface area contributed by atoms with Crippen molar-refractivity contribution in [3.63, 3.8) is 0 Å². The molecule has 0 bridgehead atoms. The lowest BCUT2D eigenvalue weighted by atomic mass is 10.0. The molecule has 3 heterocycles. The van der Waals surface area contributed by atoms with E-state index < -0.39 is 12.0 Å². The second kappa shape index (κ2) is 6.92. The third-order valence-electron chi connectivity index (χ3n) is 4.21. The molecule has 132 valence electrons. The summed E-state index contributed by atoms with van der Waals surface area (Å²) in [4.78, 5) is 2.44. The number of rotatable bonds is 5. The van der Waals surface area contributed by atoms with Crippen LogP contribution in [0.1, 0.15) is 32.0 Å². The summed E-state index contributed by atoms with van der Waals surface area (Å²) in [5.74, 6) is 0.0218. The summed E-state index contributed by atoms with van der Waals surface area (Å²) in [6, 6.07) is 3.09. The molecule has 1 saturated heterocycles. The van der Waals surface area contributed by atoms with Crippen LogP contribution < -0.4 is 5.32 Å². The number of halogens is 3. The highest BCUT2D eigenvalue weighted by Crippen LogP contribution is 2.27. The number of nitrogens with one attached hydrogen (secondary N) is 1. The quantitative estimate of drug-likeness (QED) is 0.847. The molecular formula is C15H21F3N6. The standard InChI is InChI=1S/C15H21F3N6/c1-11-4-2-8-23(10-11)9-3-7-19-12-5-6-13-20-21-14(15(16,17)18)24(13)22-12/h5-6,11H,2-4,7-10H2,1H3,(H,19,22).